The number of hydrogen-bond donors (Lipinski definition) is 0. The summed E-state index contributed by atoms with van der Waals surface area (Å²) in [7, 11) is 0. The first kappa shape index (κ1) is 30.9. The second-order valence-corrected chi connectivity index (χ2v) is 16.4. The average Bonchev–Trinajstić information content (AvgIpc) is 3.68. The zero-order chi connectivity index (χ0) is 34.8. The third-order valence-electron chi connectivity index (χ3n) is 10.8. The van der Waals surface area contributed by atoms with Crippen LogP contribution in [0.1, 0.15) is 25.0 Å². The molecule has 1 heterocycles. The van der Waals surface area contributed by atoms with Gasteiger partial charge in [-0.1, -0.05) is 38.1 Å². The van der Waals surface area contributed by atoms with Crippen molar-refractivity contribution < 1.29 is 0 Å². The van der Waals surface area contributed by atoms with Crippen LogP contribution in [0.4, 0.5) is 34.1 Å². The maximum atomic E-state index is 2.43. The maximum absolute atomic E-state index is 2.43. The summed E-state index contributed by atoms with van der Waals surface area (Å²) < 4.78 is 2.92. The third kappa shape index (κ3) is 4.93. The second-order valence-electron chi connectivity index (χ2n) is 14.2. The number of fused-ring (bicyclic) bond motifs is 8. The minimum atomic E-state index is -0.0861. The molecule has 248 valence electrons. The van der Waals surface area contributed by atoms with Gasteiger partial charge in [-0.2, -0.15) is 0 Å². The Kier molecular flexibility index (Phi) is 7.21. The van der Waals surface area contributed by atoms with E-state index in [4.69, 9.17) is 0 Å². The number of rotatable bonds is 6. The summed E-state index contributed by atoms with van der Waals surface area (Å²) in [4.78, 5) is 4.81. The van der Waals surface area contributed by atoms with Gasteiger partial charge in [0.1, 0.15) is 0 Å². The molecular formula is C49H36N2Se. The summed E-state index contributed by atoms with van der Waals surface area (Å²) in [6.45, 7) is 4.71. The summed E-state index contributed by atoms with van der Waals surface area (Å²) in [5, 5.41) is 5.44. The van der Waals surface area contributed by atoms with Gasteiger partial charge < -0.3 is 0 Å². The van der Waals surface area contributed by atoms with E-state index in [9.17, 15) is 0 Å². The topological polar surface area (TPSA) is 6.48 Å². The monoisotopic (exact) mass is 732 g/mol. The molecule has 0 N–H and O–H groups in total. The van der Waals surface area contributed by atoms with Crippen molar-refractivity contribution in [3.63, 3.8) is 0 Å². The molecule has 0 unspecified atom stereocenters. The van der Waals surface area contributed by atoms with E-state index in [2.05, 4.69) is 206 Å². The van der Waals surface area contributed by atoms with Crippen molar-refractivity contribution in [1.82, 2.24) is 0 Å². The summed E-state index contributed by atoms with van der Waals surface area (Å²) >= 11 is 0.219. The molecule has 1 aromatic heterocycles. The molecule has 0 saturated carbocycles. The molecule has 1 aliphatic carbocycles. The first-order chi connectivity index (χ1) is 25.5. The van der Waals surface area contributed by atoms with Crippen molar-refractivity contribution >= 4 is 78.7 Å². The fourth-order valence-electron chi connectivity index (χ4n) is 8.28. The molecule has 8 aromatic carbocycles. The Hall–Kier alpha value is -5.86. The Morgan fingerprint density at radius 2 is 0.942 bits per heavy atom. The van der Waals surface area contributed by atoms with E-state index in [1.54, 1.807) is 0 Å². The van der Waals surface area contributed by atoms with Crippen molar-refractivity contribution in [2.24, 2.45) is 0 Å². The molecule has 0 amide bonds. The molecule has 9 aromatic rings. The molecule has 0 spiro atoms. The molecule has 0 saturated heterocycles. The quantitative estimate of drug-likeness (QED) is 0.157. The van der Waals surface area contributed by atoms with Gasteiger partial charge in [-0.05, 0) is 11.1 Å². The Morgan fingerprint density at radius 1 is 0.385 bits per heavy atom. The summed E-state index contributed by atoms with van der Waals surface area (Å²) in [6, 6.07) is 66.9. The fourth-order valence-corrected chi connectivity index (χ4v) is 11.0. The SMILES string of the molecule is CC1(C)c2ccccc2-c2ccc(N(c3ccccc3)c3cccc(N(c4ccccc4)c4ccc5c(c4)[se]c4c6ccccc6ccc54)c3)cc21. The second kappa shape index (κ2) is 12.1. The standard InChI is InChI=1S/C49H36N2Se/c1-49(2)45-23-12-11-22-41(45)42-28-25-38(31-46(42)49)50(34-15-5-3-6-16-34)36-19-13-20-37(30-36)51(35-17-7-4-8-18-35)39-26-29-43-44-27-24-33-14-9-10-21-40(33)48(44)52-47(43)32-39/h3-32H,1-2H3. The van der Waals surface area contributed by atoms with E-state index < -0.39 is 0 Å². The summed E-state index contributed by atoms with van der Waals surface area (Å²) in [5.74, 6) is 0. The molecule has 10 rings (SSSR count). The fraction of sp³-hybridized carbons (Fsp3) is 0.0612. The molecule has 2 nitrogen and oxygen atoms in total. The van der Waals surface area contributed by atoms with E-state index in [0.29, 0.717) is 0 Å². The Balaban J connectivity index is 1.12. The molecule has 0 aliphatic heterocycles. The van der Waals surface area contributed by atoms with Gasteiger partial charge in [0.2, 0.25) is 0 Å². The molecular weight excluding hydrogens is 696 g/mol. The van der Waals surface area contributed by atoms with Crippen molar-refractivity contribution in [3.05, 3.63) is 193 Å². The molecule has 3 heteroatoms. The van der Waals surface area contributed by atoms with Crippen LogP contribution in [0, 0.1) is 0 Å². The van der Waals surface area contributed by atoms with Crippen LogP contribution in [0.5, 0.6) is 0 Å². The normalized spacial score (nSPS) is 13.0. The molecule has 1 aliphatic rings. The van der Waals surface area contributed by atoms with Crippen molar-refractivity contribution in [3.8, 4) is 11.1 Å². The average molecular weight is 732 g/mol. The molecule has 52 heavy (non-hydrogen) atoms. The van der Waals surface area contributed by atoms with Gasteiger partial charge in [0.15, 0.2) is 0 Å². The number of anilines is 6. The van der Waals surface area contributed by atoms with Crippen LogP contribution in [0.15, 0.2) is 182 Å². The van der Waals surface area contributed by atoms with Crippen LogP contribution in [0.25, 0.3) is 41.2 Å². The van der Waals surface area contributed by atoms with Crippen LogP contribution in [-0.4, -0.2) is 14.5 Å². The van der Waals surface area contributed by atoms with E-state index in [0.717, 1.165) is 28.4 Å². The van der Waals surface area contributed by atoms with E-state index in [-0.39, 0.29) is 19.9 Å². The predicted octanol–water partition coefficient (Wildman–Crippen LogP) is 13.4. The van der Waals surface area contributed by atoms with Crippen LogP contribution >= 0.6 is 0 Å². The molecule has 0 fully saturated rings. The van der Waals surface area contributed by atoms with Gasteiger partial charge >= 0.3 is 263 Å². The van der Waals surface area contributed by atoms with E-state index in [1.807, 2.05) is 0 Å². The Bertz CT molecular complexity index is 2780. The summed E-state index contributed by atoms with van der Waals surface area (Å²) in [6.07, 6.45) is 0. The van der Waals surface area contributed by atoms with Crippen LogP contribution < -0.4 is 9.80 Å². The minimum absolute atomic E-state index is 0.0861. The number of benzene rings is 8. The van der Waals surface area contributed by atoms with Gasteiger partial charge in [0.05, 0.1) is 0 Å². The van der Waals surface area contributed by atoms with E-state index in [1.165, 1.54) is 58.0 Å². The van der Waals surface area contributed by atoms with Crippen LogP contribution in [0.3, 0.4) is 0 Å². The molecule has 0 atom stereocenters. The van der Waals surface area contributed by atoms with Gasteiger partial charge in [-0.25, -0.2) is 0 Å². The van der Waals surface area contributed by atoms with Crippen molar-refractivity contribution in [2.75, 3.05) is 9.80 Å². The zero-order valence-corrected chi connectivity index (χ0v) is 30.8. The van der Waals surface area contributed by atoms with Gasteiger partial charge in [0, 0.05) is 0 Å². The number of hydrogen-bond acceptors (Lipinski definition) is 2. The Labute approximate surface area is 310 Å². The zero-order valence-electron chi connectivity index (χ0n) is 29.1. The first-order valence-corrected chi connectivity index (χ1v) is 19.6. The number of nitrogens with zero attached hydrogens (tertiary/aromatic N) is 2. The van der Waals surface area contributed by atoms with Gasteiger partial charge in [-0.3, -0.25) is 0 Å². The van der Waals surface area contributed by atoms with Crippen molar-refractivity contribution in [1.29, 1.82) is 0 Å². The van der Waals surface area contributed by atoms with Crippen LogP contribution in [0.2, 0.25) is 0 Å². The predicted molar refractivity (Wildman–Crippen MR) is 223 cm³/mol. The van der Waals surface area contributed by atoms with E-state index >= 15 is 0 Å². The number of para-hydroxylation sites is 2. The summed E-state index contributed by atoms with van der Waals surface area (Å²) in [5.41, 5.74) is 12.2. The molecule has 0 bridgehead atoms. The van der Waals surface area contributed by atoms with Crippen molar-refractivity contribution in [2.45, 2.75) is 19.3 Å². The molecule has 0 radical (unpaired) electrons. The van der Waals surface area contributed by atoms with Gasteiger partial charge in [0.25, 0.3) is 0 Å². The van der Waals surface area contributed by atoms with Crippen LogP contribution in [-0.2, 0) is 5.41 Å². The van der Waals surface area contributed by atoms with Gasteiger partial charge in [-0.15, -0.1) is 0 Å². The first-order valence-electron chi connectivity index (χ1n) is 17.9. The third-order valence-corrected chi connectivity index (χ3v) is 13.3. The Morgan fingerprint density at radius 3 is 1.69 bits per heavy atom.